The fraction of sp³-hybridized carbons (Fsp3) is 0.929. The molecule has 0 unspecified atom stereocenters. The van der Waals surface area contributed by atoms with Crippen molar-refractivity contribution in [3.05, 3.63) is 0 Å². The number of piperazine rings is 1. The first kappa shape index (κ1) is 16.7. The Morgan fingerprint density at radius 2 is 1.76 bits per heavy atom. The zero-order chi connectivity index (χ0) is 15.3. The Kier molecular flexibility index (Phi) is 6.01. The highest BCUT2D eigenvalue weighted by Crippen LogP contribution is 2.18. The van der Waals surface area contributed by atoms with E-state index in [0.29, 0.717) is 44.9 Å². The Hall–Kier alpha value is -0.660. The Morgan fingerprint density at radius 1 is 1.14 bits per heavy atom. The van der Waals surface area contributed by atoms with Crippen molar-refractivity contribution in [2.75, 3.05) is 45.0 Å². The number of carbonyl (C=O) groups is 1. The number of carbonyl (C=O) groups excluding carboxylic acids is 1. The number of hydrogen-bond donors (Lipinski definition) is 1. The van der Waals surface area contributed by atoms with E-state index >= 15 is 0 Å². The van der Waals surface area contributed by atoms with Crippen molar-refractivity contribution in [3.63, 3.8) is 0 Å². The van der Waals surface area contributed by atoms with Crippen LogP contribution >= 0.6 is 0 Å². The van der Waals surface area contributed by atoms with Gasteiger partial charge >= 0.3 is 0 Å². The van der Waals surface area contributed by atoms with E-state index in [1.54, 1.807) is 0 Å². The second-order valence-corrected chi connectivity index (χ2v) is 8.08. The summed E-state index contributed by atoms with van der Waals surface area (Å²) in [5, 5.41) is 3.30. The van der Waals surface area contributed by atoms with Gasteiger partial charge in [-0.3, -0.25) is 4.79 Å². The fourth-order valence-electron chi connectivity index (χ4n) is 3.06. The molecule has 2 aliphatic heterocycles. The molecule has 1 amide bonds. The van der Waals surface area contributed by atoms with Crippen molar-refractivity contribution in [1.29, 1.82) is 0 Å². The molecule has 0 radical (unpaired) electrons. The lowest BCUT2D eigenvalue weighted by Crippen LogP contribution is -2.51. The molecule has 0 saturated carbocycles. The van der Waals surface area contributed by atoms with Crippen molar-refractivity contribution < 1.29 is 13.2 Å². The van der Waals surface area contributed by atoms with E-state index in [4.69, 9.17) is 0 Å². The predicted octanol–water partition coefficient (Wildman–Crippen LogP) is 0.260. The molecule has 6 nitrogen and oxygen atoms in total. The summed E-state index contributed by atoms with van der Waals surface area (Å²) in [6, 6.07) is 0. The van der Waals surface area contributed by atoms with Crippen LogP contribution in [0, 0.1) is 5.92 Å². The summed E-state index contributed by atoms with van der Waals surface area (Å²) in [5.41, 5.74) is 0. The zero-order valence-electron chi connectivity index (χ0n) is 12.9. The zero-order valence-corrected chi connectivity index (χ0v) is 13.7. The van der Waals surface area contributed by atoms with E-state index in [1.807, 2.05) is 11.8 Å². The standard InChI is InChI=1S/C14H27N3O3S/c1-2-11-21(19,20)17-9-7-16(8-10-17)14(18)12-13-3-5-15-6-4-13/h13,15H,2-12H2,1H3. The number of amides is 1. The average Bonchev–Trinajstić information content (AvgIpc) is 2.48. The maximum atomic E-state index is 12.3. The van der Waals surface area contributed by atoms with E-state index in [0.717, 1.165) is 25.9 Å². The molecule has 0 spiro atoms. The Labute approximate surface area is 127 Å². The second-order valence-electron chi connectivity index (χ2n) is 5.99. The Bertz CT molecular complexity index is 438. The van der Waals surface area contributed by atoms with E-state index in [9.17, 15) is 13.2 Å². The highest BCUT2D eigenvalue weighted by molar-refractivity contribution is 7.89. The van der Waals surface area contributed by atoms with E-state index in [-0.39, 0.29) is 11.7 Å². The quantitative estimate of drug-likeness (QED) is 0.790. The van der Waals surface area contributed by atoms with Gasteiger partial charge in [0, 0.05) is 32.6 Å². The molecule has 0 bridgehead atoms. The van der Waals surface area contributed by atoms with Gasteiger partial charge in [0.15, 0.2) is 0 Å². The first-order chi connectivity index (χ1) is 10.0. The molecule has 2 heterocycles. The highest BCUT2D eigenvalue weighted by atomic mass is 32.2. The third-order valence-electron chi connectivity index (χ3n) is 4.37. The maximum Gasteiger partial charge on any atom is 0.222 e. The van der Waals surface area contributed by atoms with E-state index in [2.05, 4.69) is 5.32 Å². The van der Waals surface area contributed by atoms with Gasteiger partial charge in [0.2, 0.25) is 15.9 Å². The molecule has 0 aromatic carbocycles. The minimum absolute atomic E-state index is 0.189. The summed E-state index contributed by atoms with van der Waals surface area (Å²) in [7, 11) is -3.12. The van der Waals surface area contributed by atoms with Gasteiger partial charge in [-0.25, -0.2) is 8.42 Å². The lowest BCUT2D eigenvalue weighted by molar-refractivity contribution is -0.133. The van der Waals surface area contributed by atoms with E-state index in [1.165, 1.54) is 4.31 Å². The minimum Gasteiger partial charge on any atom is -0.340 e. The smallest absolute Gasteiger partial charge is 0.222 e. The van der Waals surface area contributed by atoms with Gasteiger partial charge in [-0.1, -0.05) is 6.92 Å². The molecule has 2 aliphatic rings. The maximum absolute atomic E-state index is 12.3. The van der Waals surface area contributed by atoms with Gasteiger partial charge in [0.25, 0.3) is 0 Å². The molecule has 0 aliphatic carbocycles. The van der Waals surface area contributed by atoms with Crippen molar-refractivity contribution in [2.24, 2.45) is 5.92 Å². The van der Waals surface area contributed by atoms with Crippen LogP contribution in [0.3, 0.4) is 0 Å². The summed E-state index contributed by atoms with van der Waals surface area (Å²) in [5.74, 6) is 0.880. The molecule has 1 N–H and O–H groups in total. The first-order valence-corrected chi connectivity index (χ1v) is 9.60. The molecule has 2 saturated heterocycles. The van der Waals surface area contributed by atoms with Crippen LogP contribution in [0.4, 0.5) is 0 Å². The molecule has 2 rings (SSSR count). The Balaban J connectivity index is 1.79. The van der Waals surface area contributed by atoms with Gasteiger partial charge < -0.3 is 10.2 Å². The number of hydrogen-bond acceptors (Lipinski definition) is 4. The van der Waals surface area contributed by atoms with Gasteiger partial charge in [-0.05, 0) is 38.3 Å². The lowest BCUT2D eigenvalue weighted by Gasteiger charge is -2.35. The van der Waals surface area contributed by atoms with Crippen molar-refractivity contribution in [2.45, 2.75) is 32.6 Å². The molecular formula is C14H27N3O3S. The predicted molar refractivity (Wildman–Crippen MR) is 82.4 cm³/mol. The number of nitrogens with zero attached hydrogens (tertiary/aromatic N) is 2. The summed E-state index contributed by atoms with van der Waals surface area (Å²) in [6.45, 7) is 5.83. The van der Waals surface area contributed by atoms with Crippen LogP contribution in [0.1, 0.15) is 32.6 Å². The molecule has 2 fully saturated rings. The van der Waals surface area contributed by atoms with Crippen LogP contribution in [0.15, 0.2) is 0 Å². The summed E-state index contributed by atoms with van der Waals surface area (Å²) in [4.78, 5) is 14.1. The summed E-state index contributed by atoms with van der Waals surface area (Å²) < 4.78 is 25.5. The molecule has 122 valence electrons. The molecule has 0 aromatic rings. The molecule has 0 aromatic heterocycles. The van der Waals surface area contributed by atoms with Crippen molar-refractivity contribution in [3.8, 4) is 0 Å². The molecular weight excluding hydrogens is 290 g/mol. The monoisotopic (exact) mass is 317 g/mol. The van der Waals surface area contributed by atoms with Gasteiger partial charge in [-0.2, -0.15) is 4.31 Å². The average molecular weight is 317 g/mol. The number of piperidine rings is 1. The van der Waals surface area contributed by atoms with Crippen LogP contribution in [0.2, 0.25) is 0 Å². The van der Waals surface area contributed by atoms with Crippen LogP contribution < -0.4 is 5.32 Å². The molecule has 21 heavy (non-hydrogen) atoms. The SMILES string of the molecule is CCCS(=O)(=O)N1CCN(C(=O)CC2CCNCC2)CC1. The summed E-state index contributed by atoms with van der Waals surface area (Å²) in [6.07, 6.45) is 3.38. The molecule has 0 atom stereocenters. The number of nitrogens with one attached hydrogen (secondary N) is 1. The third-order valence-corrected chi connectivity index (χ3v) is 6.44. The molecule has 7 heteroatoms. The first-order valence-electron chi connectivity index (χ1n) is 7.99. The minimum atomic E-state index is -3.12. The lowest BCUT2D eigenvalue weighted by atomic mass is 9.94. The number of sulfonamides is 1. The van der Waals surface area contributed by atoms with Crippen LogP contribution in [0.25, 0.3) is 0 Å². The normalized spacial score (nSPS) is 22.4. The second kappa shape index (κ2) is 7.56. The Morgan fingerprint density at radius 3 is 2.33 bits per heavy atom. The van der Waals surface area contributed by atoms with Gasteiger partial charge in [0.05, 0.1) is 5.75 Å². The largest absolute Gasteiger partial charge is 0.340 e. The van der Waals surface area contributed by atoms with Gasteiger partial charge in [-0.15, -0.1) is 0 Å². The highest BCUT2D eigenvalue weighted by Gasteiger charge is 2.29. The van der Waals surface area contributed by atoms with Crippen LogP contribution in [-0.2, 0) is 14.8 Å². The number of rotatable bonds is 5. The van der Waals surface area contributed by atoms with Crippen molar-refractivity contribution in [1.82, 2.24) is 14.5 Å². The van der Waals surface area contributed by atoms with Crippen LogP contribution in [0.5, 0.6) is 0 Å². The third kappa shape index (κ3) is 4.66. The topological polar surface area (TPSA) is 69.7 Å². The van der Waals surface area contributed by atoms with E-state index < -0.39 is 10.0 Å². The summed E-state index contributed by atoms with van der Waals surface area (Å²) >= 11 is 0. The van der Waals surface area contributed by atoms with Crippen molar-refractivity contribution >= 4 is 15.9 Å². The van der Waals surface area contributed by atoms with Crippen LogP contribution in [-0.4, -0.2) is 68.6 Å². The fourth-order valence-corrected chi connectivity index (χ4v) is 4.56. The van der Waals surface area contributed by atoms with Gasteiger partial charge in [0.1, 0.15) is 0 Å².